The molecule has 2 atom stereocenters. The van der Waals surface area contributed by atoms with Crippen LogP contribution in [0.5, 0.6) is 0 Å². The fourth-order valence-electron chi connectivity index (χ4n) is 4.62. The van der Waals surface area contributed by atoms with Crippen LogP contribution in [0.25, 0.3) is 10.9 Å². The van der Waals surface area contributed by atoms with Crippen LogP contribution in [0, 0.1) is 11.3 Å². The van der Waals surface area contributed by atoms with E-state index in [0.717, 1.165) is 23.9 Å². The predicted octanol–water partition coefficient (Wildman–Crippen LogP) is 2.19. The molecular formula is C21H25N3O3. The summed E-state index contributed by atoms with van der Waals surface area (Å²) in [5.74, 6) is 0.397. The lowest BCUT2D eigenvalue weighted by Gasteiger charge is -2.43. The lowest BCUT2D eigenvalue weighted by atomic mass is 9.73. The molecule has 0 bridgehead atoms. The molecule has 6 heteroatoms. The number of ether oxygens (including phenoxy) is 1. The number of nitrogens with zero attached hydrogens (tertiary/aromatic N) is 3. The van der Waals surface area contributed by atoms with Crippen molar-refractivity contribution < 1.29 is 14.3 Å². The summed E-state index contributed by atoms with van der Waals surface area (Å²) in [6.07, 6.45) is 2.61. The SMILES string of the molecule is COC[C@@]12CCN(C(=O)c3ccc4ncccc4c3)C[C@@H]1CN(C(C)=O)C2. The van der Waals surface area contributed by atoms with Crippen molar-refractivity contribution in [3.05, 3.63) is 42.1 Å². The maximum atomic E-state index is 13.1. The Morgan fingerprint density at radius 3 is 2.85 bits per heavy atom. The second-order valence-corrected chi connectivity index (χ2v) is 7.80. The van der Waals surface area contributed by atoms with Crippen LogP contribution in [0.2, 0.25) is 0 Å². The van der Waals surface area contributed by atoms with Gasteiger partial charge in [-0.3, -0.25) is 14.6 Å². The van der Waals surface area contributed by atoms with E-state index in [1.165, 1.54) is 0 Å². The minimum Gasteiger partial charge on any atom is -0.384 e. The topological polar surface area (TPSA) is 62.7 Å². The lowest BCUT2D eigenvalue weighted by Crippen LogP contribution is -2.50. The molecule has 1 aromatic heterocycles. The summed E-state index contributed by atoms with van der Waals surface area (Å²) in [7, 11) is 1.71. The van der Waals surface area contributed by atoms with Crippen molar-refractivity contribution in [2.24, 2.45) is 11.3 Å². The summed E-state index contributed by atoms with van der Waals surface area (Å²) in [5.41, 5.74) is 1.54. The van der Waals surface area contributed by atoms with Crippen LogP contribution < -0.4 is 0 Å². The van der Waals surface area contributed by atoms with E-state index in [4.69, 9.17) is 4.74 Å². The van der Waals surface area contributed by atoms with Gasteiger partial charge < -0.3 is 14.5 Å². The van der Waals surface area contributed by atoms with Gasteiger partial charge in [0.1, 0.15) is 0 Å². The number of carbonyl (C=O) groups is 2. The number of fused-ring (bicyclic) bond motifs is 2. The molecule has 2 fully saturated rings. The fourth-order valence-corrected chi connectivity index (χ4v) is 4.62. The number of hydrogen-bond donors (Lipinski definition) is 0. The van der Waals surface area contributed by atoms with Crippen LogP contribution >= 0.6 is 0 Å². The first-order valence-electron chi connectivity index (χ1n) is 9.41. The maximum Gasteiger partial charge on any atom is 0.253 e. The Morgan fingerprint density at radius 2 is 2.07 bits per heavy atom. The summed E-state index contributed by atoms with van der Waals surface area (Å²) in [5, 5.41) is 0.970. The molecule has 2 aliphatic heterocycles. The molecule has 6 nitrogen and oxygen atoms in total. The zero-order chi connectivity index (χ0) is 19.0. The average Bonchev–Trinajstić information content (AvgIpc) is 3.06. The monoisotopic (exact) mass is 367 g/mol. The van der Waals surface area contributed by atoms with Crippen LogP contribution in [-0.4, -0.2) is 66.5 Å². The molecule has 0 spiro atoms. The summed E-state index contributed by atoms with van der Waals surface area (Å²) in [6.45, 7) is 5.02. The Bertz CT molecular complexity index is 884. The van der Waals surface area contributed by atoms with Gasteiger partial charge in [-0.2, -0.15) is 0 Å². The van der Waals surface area contributed by atoms with E-state index in [9.17, 15) is 9.59 Å². The van der Waals surface area contributed by atoms with Crippen LogP contribution in [-0.2, 0) is 9.53 Å². The molecular weight excluding hydrogens is 342 g/mol. The third kappa shape index (κ3) is 3.18. The smallest absolute Gasteiger partial charge is 0.253 e. The number of carbonyl (C=O) groups excluding carboxylic acids is 2. The second-order valence-electron chi connectivity index (χ2n) is 7.80. The number of methoxy groups -OCH3 is 1. The average molecular weight is 367 g/mol. The highest BCUT2D eigenvalue weighted by molar-refractivity contribution is 5.98. The molecule has 142 valence electrons. The van der Waals surface area contributed by atoms with Crippen molar-refractivity contribution >= 4 is 22.7 Å². The van der Waals surface area contributed by atoms with Crippen molar-refractivity contribution in [2.75, 3.05) is 39.9 Å². The van der Waals surface area contributed by atoms with Gasteiger partial charge in [-0.1, -0.05) is 6.07 Å². The first-order valence-corrected chi connectivity index (χ1v) is 9.41. The summed E-state index contributed by atoms with van der Waals surface area (Å²) in [4.78, 5) is 33.1. The zero-order valence-corrected chi connectivity index (χ0v) is 15.9. The molecule has 4 rings (SSSR count). The van der Waals surface area contributed by atoms with Crippen molar-refractivity contribution in [2.45, 2.75) is 13.3 Å². The van der Waals surface area contributed by atoms with Crippen LogP contribution in [0.15, 0.2) is 36.5 Å². The third-order valence-corrected chi connectivity index (χ3v) is 6.15. The molecule has 1 aromatic carbocycles. The van der Waals surface area contributed by atoms with E-state index in [0.29, 0.717) is 31.8 Å². The van der Waals surface area contributed by atoms with Gasteiger partial charge in [0.2, 0.25) is 5.91 Å². The normalized spacial score (nSPS) is 24.9. The van der Waals surface area contributed by atoms with Gasteiger partial charge in [0.25, 0.3) is 5.91 Å². The van der Waals surface area contributed by atoms with Crippen molar-refractivity contribution in [3.63, 3.8) is 0 Å². The summed E-state index contributed by atoms with van der Waals surface area (Å²) in [6, 6.07) is 9.52. The van der Waals surface area contributed by atoms with E-state index in [1.807, 2.05) is 40.1 Å². The summed E-state index contributed by atoms with van der Waals surface area (Å²) < 4.78 is 5.49. The fraction of sp³-hybridized carbons (Fsp3) is 0.476. The molecule has 2 amide bonds. The maximum absolute atomic E-state index is 13.1. The number of benzene rings is 1. The minimum atomic E-state index is -0.0372. The highest BCUT2D eigenvalue weighted by Gasteiger charge is 2.50. The number of rotatable bonds is 3. The number of aromatic nitrogens is 1. The Hall–Kier alpha value is -2.47. The Labute approximate surface area is 159 Å². The molecule has 0 unspecified atom stereocenters. The van der Waals surface area contributed by atoms with E-state index in [-0.39, 0.29) is 23.1 Å². The molecule has 2 aliphatic rings. The van der Waals surface area contributed by atoms with Gasteiger partial charge in [0, 0.05) is 68.7 Å². The molecule has 0 aliphatic carbocycles. The number of hydrogen-bond acceptors (Lipinski definition) is 4. The highest BCUT2D eigenvalue weighted by atomic mass is 16.5. The Balaban J connectivity index is 1.55. The number of likely N-dealkylation sites (tertiary alicyclic amines) is 2. The van der Waals surface area contributed by atoms with E-state index >= 15 is 0 Å². The van der Waals surface area contributed by atoms with Gasteiger partial charge >= 0.3 is 0 Å². The molecule has 0 radical (unpaired) electrons. The largest absolute Gasteiger partial charge is 0.384 e. The Morgan fingerprint density at radius 1 is 1.26 bits per heavy atom. The molecule has 0 saturated carbocycles. The summed E-state index contributed by atoms with van der Waals surface area (Å²) >= 11 is 0. The highest BCUT2D eigenvalue weighted by Crippen LogP contribution is 2.43. The lowest BCUT2D eigenvalue weighted by molar-refractivity contribution is -0.128. The van der Waals surface area contributed by atoms with Crippen LogP contribution in [0.1, 0.15) is 23.7 Å². The van der Waals surface area contributed by atoms with Gasteiger partial charge in [-0.05, 0) is 30.7 Å². The predicted molar refractivity (Wildman–Crippen MR) is 102 cm³/mol. The number of amides is 2. The van der Waals surface area contributed by atoms with E-state index < -0.39 is 0 Å². The molecule has 2 saturated heterocycles. The Kier molecular flexibility index (Phi) is 4.60. The van der Waals surface area contributed by atoms with E-state index in [1.54, 1.807) is 20.2 Å². The van der Waals surface area contributed by atoms with Crippen molar-refractivity contribution in [3.8, 4) is 0 Å². The van der Waals surface area contributed by atoms with E-state index in [2.05, 4.69) is 4.98 Å². The second kappa shape index (κ2) is 6.93. The van der Waals surface area contributed by atoms with Gasteiger partial charge in [-0.25, -0.2) is 0 Å². The van der Waals surface area contributed by atoms with Crippen LogP contribution in [0.4, 0.5) is 0 Å². The van der Waals surface area contributed by atoms with Gasteiger partial charge in [0.05, 0.1) is 12.1 Å². The molecule has 3 heterocycles. The number of piperidine rings is 1. The van der Waals surface area contributed by atoms with Crippen molar-refractivity contribution in [1.82, 2.24) is 14.8 Å². The zero-order valence-electron chi connectivity index (χ0n) is 15.9. The standard InChI is InChI=1S/C21H25N3O3/c1-15(25)24-12-18-11-23(9-7-21(18,13-24)14-27-2)20(26)17-5-6-19-16(10-17)4-3-8-22-19/h3-6,8,10,18H,7,9,11-14H2,1-2H3/t18-,21+/m1/s1. The molecule has 2 aromatic rings. The minimum absolute atomic E-state index is 0.0372. The van der Waals surface area contributed by atoms with Gasteiger partial charge in [-0.15, -0.1) is 0 Å². The first kappa shape index (κ1) is 17.9. The number of pyridine rings is 1. The quantitative estimate of drug-likeness (QED) is 0.834. The first-order chi connectivity index (χ1) is 13.0. The molecule has 27 heavy (non-hydrogen) atoms. The third-order valence-electron chi connectivity index (χ3n) is 6.15. The van der Waals surface area contributed by atoms with Crippen molar-refractivity contribution in [1.29, 1.82) is 0 Å². The molecule has 0 N–H and O–H groups in total. The van der Waals surface area contributed by atoms with Crippen LogP contribution in [0.3, 0.4) is 0 Å². The van der Waals surface area contributed by atoms with Gasteiger partial charge in [0.15, 0.2) is 0 Å².